The molecule has 3 aromatic carbocycles. The number of hydrogen-bond acceptors (Lipinski definition) is 4. The largest absolute Gasteiger partial charge is 0.488 e. The Morgan fingerprint density at radius 2 is 1.67 bits per heavy atom. The SMILES string of the molecule is O=C(N/N=C\c1ccccc1OCc1ccc(Cl)cc1)C(=O)Nc1ccccc1F. The van der Waals surface area contributed by atoms with Gasteiger partial charge in [-0.25, -0.2) is 9.82 Å². The molecule has 0 aliphatic heterocycles. The van der Waals surface area contributed by atoms with Gasteiger partial charge < -0.3 is 10.1 Å². The zero-order chi connectivity index (χ0) is 21.3. The number of para-hydroxylation sites is 2. The lowest BCUT2D eigenvalue weighted by molar-refractivity contribution is -0.136. The van der Waals surface area contributed by atoms with E-state index in [1.807, 2.05) is 12.1 Å². The van der Waals surface area contributed by atoms with Gasteiger partial charge in [-0.1, -0.05) is 48.0 Å². The second kappa shape index (κ2) is 10.2. The summed E-state index contributed by atoms with van der Waals surface area (Å²) in [5.74, 6) is -2.17. The first-order valence-electron chi connectivity index (χ1n) is 8.88. The highest BCUT2D eigenvalue weighted by Crippen LogP contribution is 2.18. The maximum atomic E-state index is 13.5. The summed E-state index contributed by atoms with van der Waals surface area (Å²) < 4.78 is 19.3. The second-order valence-electron chi connectivity index (χ2n) is 6.09. The number of ether oxygens (including phenoxy) is 1. The molecule has 0 heterocycles. The molecule has 0 atom stereocenters. The van der Waals surface area contributed by atoms with Crippen molar-refractivity contribution in [3.63, 3.8) is 0 Å². The lowest BCUT2D eigenvalue weighted by Crippen LogP contribution is -2.32. The van der Waals surface area contributed by atoms with Gasteiger partial charge in [0.1, 0.15) is 18.2 Å². The molecule has 0 aliphatic carbocycles. The minimum absolute atomic E-state index is 0.0948. The van der Waals surface area contributed by atoms with Crippen LogP contribution in [-0.2, 0) is 16.2 Å². The first-order chi connectivity index (χ1) is 14.5. The van der Waals surface area contributed by atoms with Crippen LogP contribution < -0.4 is 15.5 Å². The predicted molar refractivity (Wildman–Crippen MR) is 113 cm³/mol. The zero-order valence-corrected chi connectivity index (χ0v) is 16.4. The normalized spacial score (nSPS) is 10.6. The van der Waals surface area contributed by atoms with Crippen molar-refractivity contribution < 1.29 is 18.7 Å². The van der Waals surface area contributed by atoms with E-state index in [0.29, 0.717) is 22.9 Å². The maximum absolute atomic E-state index is 13.5. The van der Waals surface area contributed by atoms with Crippen LogP contribution in [0.3, 0.4) is 0 Å². The molecule has 0 saturated heterocycles. The van der Waals surface area contributed by atoms with E-state index in [0.717, 1.165) is 5.56 Å². The second-order valence-corrected chi connectivity index (χ2v) is 6.52. The molecule has 3 aromatic rings. The van der Waals surface area contributed by atoms with Crippen molar-refractivity contribution >= 4 is 35.3 Å². The molecule has 8 heteroatoms. The number of amides is 2. The smallest absolute Gasteiger partial charge is 0.329 e. The van der Waals surface area contributed by atoms with Crippen LogP contribution >= 0.6 is 11.6 Å². The summed E-state index contributed by atoms with van der Waals surface area (Å²) in [6.07, 6.45) is 1.35. The third-order valence-electron chi connectivity index (χ3n) is 3.92. The maximum Gasteiger partial charge on any atom is 0.329 e. The monoisotopic (exact) mass is 425 g/mol. The van der Waals surface area contributed by atoms with Crippen molar-refractivity contribution in [3.8, 4) is 5.75 Å². The molecule has 152 valence electrons. The fourth-order valence-corrected chi connectivity index (χ4v) is 2.54. The standard InChI is InChI=1S/C22H17ClFN3O3/c23-17-11-9-15(10-12-17)14-30-20-8-4-1-5-16(20)13-25-27-22(29)21(28)26-19-7-3-2-6-18(19)24/h1-13H,14H2,(H,26,28)(H,27,29)/b25-13-. The van der Waals surface area contributed by atoms with Crippen molar-refractivity contribution in [2.24, 2.45) is 5.10 Å². The number of nitrogens with one attached hydrogen (secondary N) is 2. The summed E-state index contributed by atoms with van der Waals surface area (Å²) in [6.45, 7) is 0.319. The van der Waals surface area contributed by atoms with E-state index in [2.05, 4.69) is 15.8 Å². The van der Waals surface area contributed by atoms with Crippen molar-refractivity contribution in [2.45, 2.75) is 6.61 Å². The van der Waals surface area contributed by atoms with Crippen LogP contribution in [0.1, 0.15) is 11.1 Å². The van der Waals surface area contributed by atoms with Crippen molar-refractivity contribution in [2.75, 3.05) is 5.32 Å². The Morgan fingerprint density at radius 1 is 0.967 bits per heavy atom. The average Bonchev–Trinajstić information content (AvgIpc) is 2.75. The summed E-state index contributed by atoms with van der Waals surface area (Å²) in [4.78, 5) is 23.7. The lowest BCUT2D eigenvalue weighted by atomic mass is 10.2. The quantitative estimate of drug-likeness (QED) is 0.354. The van der Waals surface area contributed by atoms with Crippen LogP contribution in [0.5, 0.6) is 5.75 Å². The number of rotatable bonds is 6. The third kappa shape index (κ3) is 5.89. The van der Waals surface area contributed by atoms with Crippen molar-refractivity contribution in [1.82, 2.24) is 5.43 Å². The van der Waals surface area contributed by atoms with Gasteiger partial charge in [0.05, 0.1) is 11.9 Å². The Balaban J connectivity index is 1.58. The summed E-state index contributed by atoms with van der Waals surface area (Å²) in [5.41, 5.74) is 3.54. The average molecular weight is 426 g/mol. The third-order valence-corrected chi connectivity index (χ3v) is 4.18. The van der Waals surface area contributed by atoms with E-state index in [9.17, 15) is 14.0 Å². The van der Waals surface area contributed by atoms with Crippen LogP contribution in [0.4, 0.5) is 10.1 Å². The molecule has 6 nitrogen and oxygen atoms in total. The molecule has 2 amide bonds. The molecule has 30 heavy (non-hydrogen) atoms. The Hall–Kier alpha value is -3.71. The van der Waals surface area contributed by atoms with E-state index >= 15 is 0 Å². The molecule has 0 bridgehead atoms. The van der Waals surface area contributed by atoms with Gasteiger partial charge >= 0.3 is 11.8 Å². The van der Waals surface area contributed by atoms with Gasteiger partial charge in [-0.05, 0) is 42.0 Å². The number of nitrogens with zero attached hydrogens (tertiary/aromatic N) is 1. The lowest BCUT2D eigenvalue weighted by Gasteiger charge is -2.09. The Kier molecular flexibility index (Phi) is 7.13. The van der Waals surface area contributed by atoms with E-state index in [1.54, 1.807) is 36.4 Å². The Morgan fingerprint density at radius 3 is 2.43 bits per heavy atom. The fraction of sp³-hybridized carbons (Fsp3) is 0.0455. The topological polar surface area (TPSA) is 79.8 Å². The van der Waals surface area contributed by atoms with E-state index in [-0.39, 0.29) is 5.69 Å². The highest BCUT2D eigenvalue weighted by Gasteiger charge is 2.14. The molecule has 3 rings (SSSR count). The predicted octanol–water partition coefficient (Wildman–Crippen LogP) is 4.15. The summed E-state index contributed by atoms with van der Waals surface area (Å²) in [6, 6.07) is 19.9. The van der Waals surface area contributed by atoms with Gasteiger partial charge in [-0.3, -0.25) is 9.59 Å². The minimum atomic E-state index is -1.04. The zero-order valence-electron chi connectivity index (χ0n) is 15.6. The molecule has 0 aromatic heterocycles. The molecule has 2 N–H and O–H groups in total. The van der Waals surface area contributed by atoms with Gasteiger partial charge in [0.15, 0.2) is 0 Å². The highest BCUT2D eigenvalue weighted by molar-refractivity contribution is 6.39. The molecule has 0 fully saturated rings. The van der Waals surface area contributed by atoms with Crippen LogP contribution in [-0.4, -0.2) is 18.0 Å². The first kappa shape index (κ1) is 21.0. The van der Waals surface area contributed by atoms with E-state index < -0.39 is 17.6 Å². The van der Waals surface area contributed by atoms with Gasteiger partial charge in [0.25, 0.3) is 0 Å². The fourth-order valence-electron chi connectivity index (χ4n) is 2.41. The Bertz CT molecular complexity index is 1070. The van der Waals surface area contributed by atoms with Gasteiger partial charge in [0.2, 0.25) is 0 Å². The minimum Gasteiger partial charge on any atom is -0.488 e. The molecular weight excluding hydrogens is 409 g/mol. The van der Waals surface area contributed by atoms with Crippen molar-refractivity contribution in [1.29, 1.82) is 0 Å². The molecular formula is C22H17ClFN3O3. The number of hydrogen-bond donors (Lipinski definition) is 2. The molecule has 0 aliphatic rings. The van der Waals surface area contributed by atoms with Crippen molar-refractivity contribution in [3.05, 3.63) is 94.8 Å². The number of anilines is 1. The Labute approximate surface area is 177 Å². The number of hydrazone groups is 1. The van der Waals surface area contributed by atoms with E-state index in [1.165, 1.54) is 30.5 Å². The van der Waals surface area contributed by atoms with Gasteiger partial charge in [-0.15, -0.1) is 0 Å². The van der Waals surface area contributed by atoms with Crippen LogP contribution in [0.2, 0.25) is 5.02 Å². The molecule has 0 spiro atoms. The first-order valence-corrected chi connectivity index (χ1v) is 9.26. The number of carbonyl (C=O) groups excluding carboxylic acids is 2. The summed E-state index contributed by atoms with van der Waals surface area (Å²) >= 11 is 5.87. The number of halogens is 2. The van der Waals surface area contributed by atoms with Crippen LogP contribution in [0.25, 0.3) is 0 Å². The summed E-state index contributed by atoms with van der Waals surface area (Å²) in [7, 11) is 0. The number of benzene rings is 3. The molecule has 0 radical (unpaired) electrons. The molecule has 0 unspecified atom stereocenters. The van der Waals surface area contributed by atoms with Crippen LogP contribution in [0, 0.1) is 5.82 Å². The summed E-state index contributed by atoms with van der Waals surface area (Å²) in [5, 5.41) is 6.60. The van der Waals surface area contributed by atoms with Crippen LogP contribution in [0.15, 0.2) is 77.9 Å². The molecule has 0 saturated carbocycles. The van der Waals surface area contributed by atoms with Gasteiger partial charge in [0, 0.05) is 10.6 Å². The van der Waals surface area contributed by atoms with E-state index in [4.69, 9.17) is 16.3 Å². The highest BCUT2D eigenvalue weighted by atomic mass is 35.5. The van der Waals surface area contributed by atoms with Gasteiger partial charge in [-0.2, -0.15) is 5.10 Å². The number of carbonyl (C=O) groups is 2.